The van der Waals surface area contributed by atoms with Crippen LogP contribution in [0.2, 0.25) is 5.02 Å². The van der Waals surface area contributed by atoms with Crippen molar-refractivity contribution in [1.82, 2.24) is 19.6 Å². The Bertz CT molecular complexity index is 587. The number of nitrogens with one attached hydrogen (secondary N) is 1. The second-order valence-corrected chi connectivity index (χ2v) is 6.49. The predicted molar refractivity (Wildman–Crippen MR) is 86.7 cm³/mol. The summed E-state index contributed by atoms with van der Waals surface area (Å²) in [7, 11) is 2.21. The summed E-state index contributed by atoms with van der Waals surface area (Å²) >= 11 is 5.98. The molecule has 0 radical (unpaired) electrons. The maximum Gasteiger partial charge on any atom is 0.137 e. The molecule has 1 aliphatic rings. The first-order valence-electron chi connectivity index (χ1n) is 7.73. The number of nitrogens with zero attached hydrogens (tertiary/aromatic N) is 3. The molecule has 0 amide bonds. The molecule has 0 aliphatic carbocycles. The minimum Gasteiger partial charge on any atom is -0.311 e. The van der Waals surface area contributed by atoms with Gasteiger partial charge in [0.25, 0.3) is 0 Å². The second-order valence-electron chi connectivity index (χ2n) is 6.06. The van der Waals surface area contributed by atoms with Crippen LogP contribution in [0.4, 0.5) is 0 Å². The van der Waals surface area contributed by atoms with Crippen molar-refractivity contribution in [3.8, 4) is 0 Å². The van der Waals surface area contributed by atoms with Crippen molar-refractivity contribution in [2.45, 2.75) is 25.8 Å². The van der Waals surface area contributed by atoms with Crippen molar-refractivity contribution in [2.75, 3.05) is 26.7 Å². The van der Waals surface area contributed by atoms with Crippen LogP contribution in [0.3, 0.4) is 0 Å². The normalized spacial score (nSPS) is 17.6. The van der Waals surface area contributed by atoms with Crippen LogP contribution in [-0.2, 0) is 6.54 Å². The summed E-state index contributed by atoms with van der Waals surface area (Å²) in [5.41, 5.74) is 2.02. The topological polar surface area (TPSA) is 32.6 Å². The van der Waals surface area contributed by atoms with Crippen LogP contribution < -0.4 is 5.32 Å². The number of fused-ring (bicyclic) bond motifs is 1. The quantitative estimate of drug-likeness (QED) is 0.862. The van der Waals surface area contributed by atoms with Gasteiger partial charge in [-0.25, -0.2) is 4.98 Å². The second kappa shape index (κ2) is 6.77. The molecule has 0 atom stereocenters. The summed E-state index contributed by atoms with van der Waals surface area (Å²) in [6.07, 6.45) is 7.89. The number of imidazole rings is 1. The Morgan fingerprint density at radius 2 is 2.10 bits per heavy atom. The molecule has 0 aromatic carbocycles. The molecule has 1 N–H and O–H groups in total. The van der Waals surface area contributed by atoms with Gasteiger partial charge in [-0.2, -0.15) is 0 Å². The zero-order valence-electron chi connectivity index (χ0n) is 12.6. The Morgan fingerprint density at radius 3 is 2.90 bits per heavy atom. The molecule has 0 unspecified atom stereocenters. The molecule has 2 aromatic heterocycles. The molecule has 21 heavy (non-hydrogen) atoms. The van der Waals surface area contributed by atoms with Gasteiger partial charge in [-0.15, -0.1) is 0 Å². The number of rotatable bonds is 5. The van der Waals surface area contributed by atoms with E-state index in [-0.39, 0.29) is 0 Å². The fourth-order valence-electron chi connectivity index (χ4n) is 2.98. The average molecular weight is 307 g/mol. The Hall–Kier alpha value is -1.10. The third-order valence-corrected chi connectivity index (χ3v) is 4.56. The minimum atomic E-state index is 0.738. The lowest BCUT2D eigenvalue weighted by Gasteiger charge is -2.28. The molecule has 3 heterocycles. The lowest BCUT2D eigenvalue weighted by Crippen LogP contribution is -2.31. The predicted octanol–water partition coefficient (Wildman–Crippen LogP) is 2.81. The van der Waals surface area contributed by atoms with E-state index in [4.69, 9.17) is 11.6 Å². The van der Waals surface area contributed by atoms with E-state index in [0.29, 0.717) is 0 Å². The summed E-state index contributed by atoms with van der Waals surface area (Å²) < 4.78 is 1.98. The number of pyridine rings is 1. The zero-order chi connectivity index (χ0) is 14.7. The van der Waals surface area contributed by atoms with Crippen molar-refractivity contribution in [3.05, 3.63) is 35.2 Å². The van der Waals surface area contributed by atoms with E-state index in [1.54, 1.807) is 0 Å². The van der Waals surface area contributed by atoms with Gasteiger partial charge in [0.15, 0.2) is 0 Å². The average Bonchev–Trinajstić information content (AvgIpc) is 2.87. The van der Waals surface area contributed by atoms with Crippen LogP contribution in [0, 0.1) is 5.92 Å². The monoisotopic (exact) mass is 306 g/mol. The molecule has 1 fully saturated rings. The molecular weight excluding hydrogens is 284 g/mol. The lowest BCUT2D eigenvalue weighted by atomic mass is 9.94. The molecule has 1 aliphatic heterocycles. The highest BCUT2D eigenvalue weighted by Gasteiger charge is 2.15. The van der Waals surface area contributed by atoms with Crippen molar-refractivity contribution in [3.63, 3.8) is 0 Å². The van der Waals surface area contributed by atoms with Crippen molar-refractivity contribution in [1.29, 1.82) is 0 Å². The molecule has 5 heteroatoms. The van der Waals surface area contributed by atoms with E-state index < -0.39 is 0 Å². The maximum atomic E-state index is 5.98. The number of piperidine rings is 1. The Morgan fingerprint density at radius 1 is 1.29 bits per heavy atom. The number of hydrogen-bond donors (Lipinski definition) is 1. The molecule has 114 valence electrons. The largest absolute Gasteiger partial charge is 0.311 e. The summed E-state index contributed by atoms with van der Waals surface area (Å²) in [6, 6.07) is 3.82. The van der Waals surface area contributed by atoms with Crippen LogP contribution in [0.5, 0.6) is 0 Å². The molecule has 4 nitrogen and oxygen atoms in total. The Balaban J connectivity index is 1.44. The summed E-state index contributed by atoms with van der Waals surface area (Å²) in [6.45, 7) is 4.39. The van der Waals surface area contributed by atoms with Gasteiger partial charge in [0, 0.05) is 18.9 Å². The number of likely N-dealkylation sites (tertiary alicyclic amines) is 1. The summed E-state index contributed by atoms with van der Waals surface area (Å²) in [5, 5.41) is 4.25. The molecule has 1 saturated heterocycles. The number of aromatic nitrogens is 2. The van der Waals surface area contributed by atoms with E-state index in [9.17, 15) is 0 Å². The van der Waals surface area contributed by atoms with Gasteiger partial charge in [-0.05, 0) is 64.0 Å². The van der Waals surface area contributed by atoms with Gasteiger partial charge in [0.05, 0.1) is 10.7 Å². The van der Waals surface area contributed by atoms with E-state index >= 15 is 0 Å². The SMILES string of the molecule is CN1CCC(CCNCc2cn3cc(Cl)ccc3n2)CC1. The van der Waals surface area contributed by atoms with Gasteiger partial charge in [-0.3, -0.25) is 0 Å². The number of halogens is 1. The highest BCUT2D eigenvalue weighted by molar-refractivity contribution is 6.30. The highest BCUT2D eigenvalue weighted by atomic mass is 35.5. The first kappa shape index (κ1) is 14.8. The standard InChI is InChI=1S/C16H23ClN4/c1-20-8-5-13(6-9-20)4-7-18-10-15-12-21-11-14(17)2-3-16(21)19-15/h2-3,11-13,18H,4-10H2,1H3. The molecule has 2 aromatic rings. The Labute approximate surface area is 131 Å². The first-order valence-corrected chi connectivity index (χ1v) is 8.11. The van der Waals surface area contributed by atoms with Crippen molar-refractivity contribution >= 4 is 17.2 Å². The van der Waals surface area contributed by atoms with E-state index in [2.05, 4.69) is 22.2 Å². The highest BCUT2D eigenvalue weighted by Crippen LogP contribution is 2.18. The molecule has 0 spiro atoms. The van der Waals surface area contributed by atoms with Crippen LogP contribution in [-0.4, -0.2) is 41.0 Å². The fourth-order valence-corrected chi connectivity index (χ4v) is 3.14. The maximum absolute atomic E-state index is 5.98. The molecule has 3 rings (SSSR count). The third-order valence-electron chi connectivity index (χ3n) is 4.34. The van der Waals surface area contributed by atoms with Crippen molar-refractivity contribution < 1.29 is 0 Å². The van der Waals surface area contributed by atoms with E-state index in [0.717, 1.165) is 35.4 Å². The molecule has 0 bridgehead atoms. The minimum absolute atomic E-state index is 0.738. The van der Waals surface area contributed by atoms with Crippen LogP contribution >= 0.6 is 11.6 Å². The zero-order valence-corrected chi connectivity index (χ0v) is 13.3. The van der Waals surface area contributed by atoms with Gasteiger partial charge in [-0.1, -0.05) is 11.6 Å². The van der Waals surface area contributed by atoms with Crippen LogP contribution in [0.15, 0.2) is 24.5 Å². The molecule has 0 saturated carbocycles. The lowest BCUT2D eigenvalue weighted by molar-refractivity contribution is 0.211. The van der Waals surface area contributed by atoms with Crippen LogP contribution in [0.1, 0.15) is 25.0 Å². The first-order chi connectivity index (χ1) is 10.2. The summed E-state index contributed by atoms with van der Waals surface area (Å²) in [4.78, 5) is 7.01. The van der Waals surface area contributed by atoms with Crippen molar-refractivity contribution in [2.24, 2.45) is 5.92 Å². The number of hydrogen-bond acceptors (Lipinski definition) is 3. The van der Waals surface area contributed by atoms with Gasteiger partial charge in [0.1, 0.15) is 5.65 Å². The van der Waals surface area contributed by atoms with Crippen LogP contribution in [0.25, 0.3) is 5.65 Å². The fraction of sp³-hybridized carbons (Fsp3) is 0.562. The third kappa shape index (κ3) is 3.96. The van der Waals surface area contributed by atoms with Gasteiger partial charge < -0.3 is 14.6 Å². The summed E-state index contributed by atoms with van der Waals surface area (Å²) in [5.74, 6) is 0.883. The van der Waals surface area contributed by atoms with E-state index in [1.807, 2.05) is 28.9 Å². The molecular formula is C16H23ClN4. The van der Waals surface area contributed by atoms with Gasteiger partial charge >= 0.3 is 0 Å². The van der Waals surface area contributed by atoms with Gasteiger partial charge in [0.2, 0.25) is 0 Å². The smallest absolute Gasteiger partial charge is 0.137 e. The Kier molecular flexibility index (Phi) is 4.78. The van der Waals surface area contributed by atoms with E-state index in [1.165, 1.54) is 32.4 Å².